The molecule has 0 aliphatic rings. The van der Waals surface area contributed by atoms with E-state index in [9.17, 15) is 18.0 Å². The summed E-state index contributed by atoms with van der Waals surface area (Å²) >= 11 is 0. The van der Waals surface area contributed by atoms with E-state index < -0.39 is 22.5 Å². The molecule has 9 heteroatoms. The van der Waals surface area contributed by atoms with Gasteiger partial charge in [-0.15, -0.1) is 0 Å². The number of hydrogen-bond donors (Lipinski definition) is 2. The Balaban J connectivity index is 1.88. The number of amides is 2. The zero-order chi connectivity index (χ0) is 26.5. The second-order valence-corrected chi connectivity index (χ2v) is 10.5. The number of aryl methyl sites for hydroxylation is 3. The summed E-state index contributed by atoms with van der Waals surface area (Å²) in [7, 11) is -4.03. The molecule has 36 heavy (non-hydrogen) atoms. The topological polar surface area (TPSA) is 108 Å². The molecule has 0 aromatic heterocycles. The highest BCUT2D eigenvalue weighted by Crippen LogP contribution is 2.27. The highest BCUT2D eigenvalue weighted by Gasteiger charge is 2.28. The fourth-order valence-electron chi connectivity index (χ4n) is 3.62. The van der Waals surface area contributed by atoms with Crippen molar-refractivity contribution in [3.63, 3.8) is 0 Å². The molecule has 2 N–H and O–H groups in total. The van der Waals surface area contributed by atoms with Crippen LogP contribution in [-0.2, 0) is 19.6 Å². The molecule has 0 unspecified atom stereocenters. The smallest absolute Gasteiger partial charge is 0.264 e. The van der Waals surface area contributed by atoms with E-state index in [1.807, 2.05) is 32.9 Å². The third kappa shape index (κ3) is 6.57. The van der Waals surface area contributed by atoms with Gasteiger partial charge in [-0.2, -0.15) is 5.10 Å². The van der Waals surface area contributed by atoms with Crippen molar-refractivity contribution in [1.29, 1.82) is 0 Å². The summed E-state index contributed by atoms with van der Waals surface area (Å²) < 4.78 is 28.3. The molecule has 0 fully saturated rings. The van der Waals surface area contributed by atoms with Gasteiger partial charge in [-0.3, -0.25) is 13.9 Å². The molecule has 0 aliphatic carbocycles. The van der Waals surface area contributed by atoms with Crippen molar-refractivity contribution in [2.45, 2.75) is 39.5 Å². The average molecular weight is 507 g/mol. The largest absolute Gasteiger partial charge is 0.326 e. The molecular weight excluding hydrogens is 476 g/mol. The zero-order valence-electron chi connectivity index (χ0n) is 21.0. The molecule has 0 heterocycles. The van der Waals surface area contributed by atoms with Crippen LogP contribution >= 0.6 is 0 Å². The maximum Gasteiger partial charge on any atom is 0.264 e. The number of sulfonamides is 1. The lowest BCUT2D eigenvalue weighted by molar-refractivity contribution is -0.119. The van der Waals surface area contributed by atoms with Gasteiger partial charge in [0.15, 0.2) is 0 Å². The van der Waals surface area contributed by atoms with Crippen LogP contribution in [0.25, 0.3) is 0 Å². The third-order valence-electron chi connectivity index (χ3n) is 5.47. The van der Waals surface area contributed by atoms with E-state index in [1.165, 1.54) is 19.1 Å². The van der Waals surface area contributed by atoms with Gasteiger partial charge in [-0.1, -0.05) is 47.5 Å². The fourth-order valence-corrected chi connectivity index (χ4v) is 5.11. The number of hydrazone groups is 1. The molecular formula is C27H30N4O4S. The van der Waals surface area contributed by atoms with E-state index in [1.54, 1.807) is 49.4 Å². The van der Waals surface area contributed by atoms with Crippen LogP contribution in [0.1, 0.15) is 36.1 Å². The molecule has 3 rings (SSSR count). The third-order valence-corrected chi connectivity index (χ3v) is 7.24. The minimum Gasteiger partial charge on any atom is -0.326 e. The predicted molar refractivity (Wildman–Crippen MR) is 143 cm³/mol. The van der Waals surface area contributed by atoms with Gasteiger partial charge in [-0.25, -0.2) is 13.8 Å². The Labute approximate surface area is 212 Å². The van der Waals surface area contributed by atoms with Gasteiger partial charge in [0.05, 0.1) is 16.3 Å². The molecule has 8 nitrogen and oxygen atoms in total. The van der Waals surface area contributed by atoms with Gasteiger partial charge in [0.2, 0.25) is 5.91 Å². The van der Waals surface area contributed by atoms with E-state index in [0.717, 1.165) is 21.0 Å². The van der Waals surface area contributed by atoms with Crippen LogP contribution in [0.15, 0.2) is 76.7 Å². The van der Waals surface area contributed by atoms with E-state index >= 15 is 0 Å². The Morgan fingerprint density at radius 2 is 1.56 bits per heavy atom. The Hall–Kier alpha value is -3.98. The minimum atomic E-state index is -4.03. The molecule has 3 aromatic carbocycles. The molecule has 188 valence electrons. The van der Waals surface area contributed by atoms with E-state index in [-0.39, 0.29) is 10.8 Å². The van der Waals surface area contributed by atoms with Crippen molar-refractivity contribution < 1.29 is 18.0 Å². The predicted octanol–water partition coefficient (Wildman–Crippen LogP) is 4.31. The summed E-state index contributed by atoms with van der Waals surface area (Å²) in [4.78, 5) is 24.3. The molecule has 0 radical (unpaired) electrons. The van der Waals surface area contributed by atoms with Crippen molar-refractivity contribution in [3.05, 3.63) is 89.0 Å². The Kier molecular flexibility index (Phi) is 8.26. The van der Waals surface area contributed by atoms with Gasteiger partial charge in [-0.05, 0) is 69.2 Å². The molecule has 2 amide bonds. The fraction of sp³-hybridized carbons (Fsp3) is 0.222. The first-order chi connectivity index (χ1) is 17.0. The second kappa shape index (κ2) is 11.2. The van der Waals surface area contributed by atoms with Crippen molar-refractivity contribution in [2.24, 2.45) is 5.10 Å². The van der Waals surface area contributed by atoms with Crippen LogP contribution in [-0.4, -0.2) is 32.5 Å². The van der Waals surface area contributed by atoms with Crippen LogP contribution in [0.2, 0.25) is 0 Å². The summed E-state index contributed by atoms with van der Waals surface area (Å²) in [5.74, 6) is -0.792. The summed E-state index contributed by atoms with van der Waals surface area (Å²) in [6.07, 6.45) is 0. The molecule has 0 saturated carbocycles. The highest BCUT2D eigenvalue weighted by atomic mass is 32.2. The highest BCUT2D eigenvalue weighted by molar-refractivity contribution is 7.92. The SMILES string of the molecule is CC(=O)Nc1cccc(/C(C)=N/NC(=O)CN(c2ccc(C)cc2C)S(=O)(=O)c2ccc(C)cc2)c1. The van der Waals surface area contributed by atoms with Crippen LogP contribution in [0, 0.1) is 20.8 Å². The lowest BCUT2D eigenvalue weighted by Gasteiger charge is -2.25. The second-order valence-electron chi connectivity index (χ2n) is 8.61. The van der Waals surface area contributed by atoms with Crippen LogP contribution < -0.4 is 15.0 Å². The average Bonchev–Trinajstić information content (AvgIpc) is 2.81. The van der Waals surface area contributed by atoms with Crippen LogP contribution in [0.4, 0.5) is 11.4 Å². The summed E-state index contributed by atoms with van der Waals surface area (Å²) in [6.45, 7) is 8.27. The quantitative estimate of drug-likeness (QED) is 0.351. The normalized spacial score (nSPS) is 11.6. The molecule has 3 aromatic rings. The Bertz CT molecular complexity index is 1410. The van der Waals surface area contributed by atoms with Gasteiger partial charge in [0.25, 0.3) is 15.9 Å². The maximum atomic E-state index is 13.6. The van der Waals surface area contributed by atoms with Crippen molar-refractivity contribution in [3.8, 4) is 0 Å². The Morgan fingerprint density at radius 1 is 0.889 bits per heavy atom. The molecule has 0 bridgehead atoms. The minimum absolute atomic E-state index is 0.0929. The van der Waals surface area contributed by atoms with E-state index in [4.69, 9.17) is 0 Å². The number of anilines is 2. The van der Waals surface area contributed by atoms with Gasteiger partial charge in [0, 0.05) is 12.6 Å². The van der Waals surface area contributed by atoms with Gasteiger partial charge >= 0.3 is 0 Å². The number of rotatable bonds is 8. The standard InChI is InChI=1S/C27H30N4O4S/c1-18-9-12-25(13-10-18)36(34,35)31(26-14-11-19(2)15-20(26)3)17-27(33)30-29-21(4)23-7-6-8-24(16-23)28-22(5)32/h6-16H,17H2,1-5H3,(H,28,32)(H,30,33)/b29-21+. The molecule has 0 spiro atoms. The van der Waals surface area contributed by atoms with Crippen LogP contribution in [0.3, 0.4) is 0 Å². The van der Waals surface area contributed by atoms with Crippen molar-refractivity contribution in [1.82, 2.24) is 5.43 Å². The number of nitrogens with one attached hydrogen (secondary N) is 2. The lowest BCUT2D eigenvalue weighted by atomic mass is 10.1. The molecule has 0 saturated heterocycles. The molecule has 0 atom stereocenters. The lowest BCUT2D eigenvalue weighted by Crippen LogP contribution is -2.40. The van der Waals surface area contributed by atoms with Crippen molar-refractivity contribution >= 4 is 38.9 Å². The summed E-state index contributed by atoms with van der Waals surface area (Å²) in [6, 6.07) is 18.9. The summed E-state index contributed by atoms with van der Waals surface area (Å²) in [5.41, 5.74) is 7.31. The Morgan fingerprint density at radius 3 is 2.19 bits per heavy atom. The number of hydrogen-bond acceptors (Lipinski definition) is 5. The van der Waals surface area contributed by atoms with Crippen molar-refractivity contribution in [2.75, 3.05) is 16.2 Å². The number of carbonyl (C=O) groups is 2. The molecule has 0 aliphatic heterocycles. The maximum absolute atomic E-state index is 13.6. The van der Waals surface area contributed by atoms with Gasteiger partial charge < -0.3 is 5.32 Å². The first kappa shape index (κ1) is 26.6. The first-order valence-electron chi connectivity index (χ1n) is 11.3. The van der Waals surface area contributed by atoms with E-state index in [2.05, 4.69) is 15.8 Å². The number of benzene rings is 3. The monoisotopic (exact) mass is 506 g/mol. The van der Waals surface area contributed by atoms with E-state index in [0.29, 0.717) is 22.6 Å². The number of carbonyl (C=O) groups excluding carboxylic acids is 2. The van der Waals surface area contributed by atoms with Crippen LogP contribution in [0.5, 0.6) is 0 Å². The number of nitrogens with zero attached hydrogens (tertiary/aromatic N) is 2. The zero-order valence-corrected chi connectivity index (χ0v) is 21.8. The summed E-state index contributed by atoms with van der Waals surface area (Å²) in [5, 5.41) is 6.85. The van der Waals surface area contributed by atoms with Gasteiger partial charge in [0.1, 0.15) is 6.54 Å². The first-order valence-corrected chi connectivity index (χ1v) is 12.8.